The van der Waals surface area contributed by atoms with Crippen LogP contribution in [0.1, 0.15) is 20.3 Å². The van der Waals surface area contributed by atoms with E-state index in [1.54, 1.807) is 6.92 Å². The van der Waals surface area contributed by atoms with Crippen molar-refractivity contribution in [3.05, 3.63) is 30.3 Å². The average Bonchev–Trinajstić information content (AvgIpc) is 2.39. The van der Waals surface area contributed by atoms with Gasteiger partial charge in [-0.25, -0.2) is 0 Å². The molecule has 1 amide bonds. The zero-order valence-corrected chi connectivity index (χ0v) is 11.0. The Morgan fingerprint density at radius 2 is 2.06 bits per heavy atom. The SMILES string of the molecule is CCOC(C)C(=O)NCCCOc1ccccc1. The molecule has 0 spiro atoms. The highest BCUT2D eigenvalue weighted by Crippen LogP contribution is 2.07. The van der Waals surface area contributed by atoms with E-state index < -0.39 is 0 Å². The van der Waals surface area contributed by atoms with Crippen molar-refractivity contribution >= 4 is 5.91 Å². The van der Waals surface area contributed by atoms with Crippen molar-refractivity contribution < 1.29 is 14.3 Å². The van der Waals surface area contributed by atoms with Gasteiger partial charge in [0.1, 0.15) is 11.9 Å². The molecule has 0 radical (unpaired) electrons. The lowest BCUT2D eigenvalue weighted by molar-refractivity contribution is -0.131. The van der Waals surface area contributed by atoms with Crippen molar-refractivity contribution in [3.8, 4) is 5.75 Å². The lowest BCUT2D eigenvalue weighted by Gasteiger charge is -2.12. The molecular formula is C14H21NO3. The molecule has 0 aliphatic rings. The molecule has 0 saturated carbocycles. The highest BCUT2D eigenvalue weighted by Gasteiger charge is 2.10. The van der Waals surface area contributed by atoms with Crippen LogP contribution >= 0.6 is 0 Å². The Hall–Kier alpha value is -1.55. The van der Waals surface area contributed by atoms with E-state index in [2.05, 4.69) is 5.32 Å². The van der Waals surface area contributed by atoms with Gasteiger partial charge in [0.25, 0.3) is 0 Å². The van der Waals surface area contributed by atoms with Gasteiger partial charge in [-0.3, -0.25) is 4.79 Å². The van der Waals surface area contributed by atoms with Crippen molar-refractivity contribution in [1.82, 2.24) is 5.32 Å². The minimum absolute atomic E-state index is 0.0726. The first kappa shape index (κ1) is 14.5. The van der Waals surface area contributed by atoms with Crippen LogP contribution in [0.15, 0.2) is 30.3 Å². The van der Waals surface area contributed by atoms with E-state index >= 15 is 0 Å². The molecule has 4 nitrogen and oxygen atoms in total. The van der Waals surface area contributed by atoms with E-state index in [1.165, 1.54) is 0 Å². The third-order valence-electron chi connectivity index (χ3n) is 2.42. The van der Waals surface area contributed by atoms with Gasteiger partial charge in [0.15, 0.2) is 0 Å². The summed E-state index contributed by atoms with van der Waals surface area (Å²) in [5.41, 5.74) is 0. The number of benzene rings is 1. The maximum absolute atomic E-state index is 11.5. The second-order valence-electron chi connectivity index (χ2n) is 3.90. The summed E-state index contributed by atoms with van der Waals surface area (Å²) >= 11 is 0. The van der Waals surface area contributed by atoms with Crippen LogP contribution in [-0.4, -0.2) is 31.8 Å². The average molecular weight is 251 g/mol. The van der Waals surface area contributed by atoms with Crippen molar-refractivity contribution in [2.24, 2.45) is 0 Å². The van der Waals surface area contributed by atoms with Crippen LogP contribution < -0.4 is 10.1 Å². The quantitative estimate of drug-likeness (QED) is 0.719. The maximum atomic E-state index is 11.5. The number of hydrogen-bond donors (Lipinski definition) is 1. The second-order valence-corrected chi connectivity index (χ2v) is 3.90. The summed E-state index contributed by atoms with van der Waals surface area (Å²) < 4.78 is 10.7. The Bertz CT molecular complexity index is 340. The zero-order valence-electron chi connectivity index (χ0n) is 11.0. The smallest absolute Gasteiger partial charge is 0.248 e. The van der Waals surface area contributed by atoms with Crippen molar-refractivity contribution in [2.45, 2.75) is 26.4 Å². The van der Waals surface area contributed by atoms with E-state index in [0.29, 0.717) is 19.8 Å². The van der Waals surface area contributed by atoms with E-state index in [9.17, 15) is 4.79 Å². The Labute approximate surface area is 108 Å². The molecular weight excluding hydrogens is 230 g/mol. The summed E-state index contributed by atoms with van der Waals surface area (Å²) in [6.45, 7) is 5.36. The normalized spacial score (nSPS) is 11.9. The third kappa shape index (κ3) is 5.68. The van der Waals surface area contributed by atoms with Crippen LogP contribution in [0.2, 0.25) is 0 Å². The molecule has 0 saturated heterocycles. The molecule has 0 aliphatic carbocycles. The van der Waals surface area contributed by atoms with Gasteiger partial charge in [-0.1, -0.05) is 18.2 Å². The van der Waals surface area contributed by atoms with Crippen molar-refractivity contribution in [1.29, 1.82) is 0 Å². The lowest BCUT2D eigenvalue weighted by Crippen LogP contribution is -2.35. The van der Waals surface area contributed by atoms with Gasteiger partial charge in [-0.05, 0) is 32.4 Å². The molecule has 0 heterocycles. The van der Waals surface area contributed by atoms with Crippen molar-refractivity contribution in [3.63, 3.8) is 0 Å². The van der Waals surface area contributed by atoms with Gasteiger partial charge >= 0.3 is 0 Å². The molecule has 0 bridgehead atoms. The highest BCUT2D eigenvalue weighted by atomic mass is 16.5. The van der Waals surface area contributed by atoms with Crippen LogP contribution in [0.4, 0.5) is 0 Å². The Morgan fingerprint density at radius 1 is 1.33 bits per heavy atom. The molecule has 0 aromatic heterocycles. The highest BCUT2D eigenvalue weighted by molar-refractivity contribution is 5.80. The summed E-state index contributed by atoms with van der Waals surface area (Å²) in [7, 11) is 0. The van der Waals surface area contributed by atoms with E-state index in [-0.39, 0.29) is 12.0 Å². The zero-order chi connectivity index (χ0) is 13.2. The largest absolute Gasteiger partial charge is 0.494 e. The first-order valence-corrected chi connectivity index (χ1v) is 6.31. The summed E-state index contributed by atoms with van der Waals surface area (Å²) in [6, 6.07) is 9.63. The number of nitrogens with one attached hydrogen (secondary N) is 1. The fraction of sp³-hybridized carbons (Fsp3) is 0.500. The number of ether oxygens (including phenoxy) is 2. The van der Waals surface area contributed by atoms with Crippen LogP contribution in [-0.2, 0) is 9.53 Å². The summed E-state index contributed by atoms with van der Waals surface area (Å²) in [6.07, 6.45) is 0.393. The minimum atomic E-state index is -0.384. The Morgan fingerprint density at radius 3 is 2.72 bits per heavy atom. The molecule has 1 aromatic rings. The molecule has 0 fully saturated rings. The van der Waals surface area contributed by atoms with Gasteiger partial charge < -0.3 is 14.8 Å². The molecule has 1 aromatic carbocycles. The van der Waals surface area contributed by atoms with Gasteiger partial charge in [0.2, 0.25) is 5.91 Å². The number of carbonyl (C=O) groups excluding carboxylic acids is 1. The fourth-order valence-corrected chi connectivity index (χ4v) is 1.46. The third-order valence-corrected chi connectivity index (χ3v) is 2.42. The lowest BCUT2D eigenvalue weighted by atomic mass is 10.3. The van der Waals surface area contributed by atoms with Crippen molar-refractivity contribution in [2.75, 3.05) is 19.8 Å². The first-order chi connectivity index (χ1) is 8.74. The number of hydrogen-bond acceptors (Lipinski definition) is 3. The summed E-state index contributed by atoms with van der Waals surface area (Å²) in [5, 5.41) is 2.81. The van der Waals surface area contributed by atoms with E-state index in [0.717, 1.165) is 12.2 Å². The fourth-order valence-electron chi connectivity index (χ4n) is 1.46. The Kier molecular flexibility index (Phi) is 6.87. The number of rotatable bonds is 8. The van der Waals surface area contributed by atoms with Crippen LogP contribution in [0.25, 0.3) is 0 Å². The molecule has 18 heavy (non-hydrogen) atoms. The number of carbonyl (C=O) groups is 1. The topological polar surface area (TPSA) is 47.6 Å². The second kappa shape index (κ2) is 8.53. The van der Waals surface area contributed by atoms with Crippen LogP contribution in [0.3, 0.4) is 0 Å². The molecule has 1 atom stereocenters. The van der Waals surface area contributed by atoms with Crippen LogP contribution in [0.5, 0.6) is 5.75 Å². The predicted octanol–water partition coefficient (Wildman–Crippen LogP) is 2.00. The molecule has 4 heteroatoms. The van der Waals surface area contributed by atoms with Gasteiger partial charge in [0, 0.05) is 13.2 Å². The summed E-state index contributed by atoms with van der Waals surface area (Å²) in [4.78, 5) is 11.5. The minimum Gasteiger partial charge on any atom is -0.494 e. The van der Waals surface area contributed by atoms with Gasteiger partial charge in [0.05, 0.1) is 6.61 Å². The Balaban J connectivity index is 2.07. The van der Waals surface area contributed by atoms with Crippen LogP contribution in [0, 0.1) is 0 Å². The summed E-state index contributed by atoms with van der Waals surface area (Å²) in [5.74, 6) is 0.781. The van der Waals surface area contributed by atoms with E-state index in [1.807, 2.05) is 37.3 Å². The molecule has 0 aliphatic heterocycles. The van der Waals surface area contributed by atoms with Gasteiger partial charge in [-0.15, -0.1) is 0 Å². The standard InChI is InChI=1S/C14H21NO3/c1-3-17-12(2)14(16)15-10-7-11-18-13-8-5-4-6-9-13/h4-6,8-9,12H,3,7,10-11H2,1-2H3,(H,15,16). The number of para-hydroxylation sites is 1. The van der Waals surface area contributed by atoms with E-state index in [4.69, 9.17) is 9.47 Å². The first-order valence-electron chi connectivity index (χ1n) is 6.31. The monoisotopic (exact) mass is 251 g/mol. The molecule has 100 valence electrons. The van der Waals surface area contributed by atoms with Gasteiger partial charge in [-0.2, -0.15) is 0 Å². The molecule has 1 N–H and O–H groups in total. The maximum Gasteiger partial charge on any atom is 0.248 e. The number of amides is 1. The molecule has 1 rings (SSSR count). The molecule has 1 unspecified atom stereocenters. The predicted molar refractivity (Wildman–Crippen MR) is 70.7 cm³/mol.